The van der Waals surface area contributed by atoms with Crippen molar-refractivity contribution in [2.24, 2.45) is 11.8 Å². The van der Waals surface area contributed by atoms with Gasteiger partial charge in [-0.25, -0.2) is 17.5 Å². The Morgan fingerprint density at radius 3 is 2.62 bits per heavy atom. The highest BCUT2D eigenvalue weighted by molar-refractivity contribution is 7.89. The molecule has 0 bridgehead atoms. The van der Waals surface area contributed by atoms with Gasteiger partial charge >= 0.3 is 0 Å². The van der Waals surface area contributed by atoms with E-state index in [4.69, 9.17) is 5.73 Å². The second-order valence-corrected chi connectivity index (χ2v) is 7.82. The zero-order valence-electron chi connectivity index (χ0n) is 12.7. The van der Waals surface area contributed by atoms with Gasteiger partial charge < -0.3 is 5.73 Å². The van der Waals surface area contributed by atoms with E-state index < -0.39 is 15.8 Å². The van der Waals surface area contributed by atoms with E-state index >= 15 is 0 Å². The van der Waals surface area contributed by atoms with Crippen LogP contribution in [0.1, 0.15) is 38.7 Å². The molecule has 1 aromatic carbocycles. The molecule has 3 unspecified atom stereocenters. The second-order valence-electron chi connectivity index (χ2n) is 6.13. The molecular weight excluding hydrogens is 291 g/mol. The summed E-state index contributed by atoms with van der Waals surface area (Å²) in [5, 5.41) is 0. The SMILES string of the molecule is Cc1cc(F)c(N)cc1S(=O)(=O)NC1CCCC(C)C1C. The monoisotopic (exact) mass is 314 g/mol. The minimum absolute atomic E-state index is 0.0619. The fourth-order valence-corrected chi connectivity index (χ4v) is 4.59. The molecular formula is C15H23FN2O2S. The van der Waals surface area contributed by atoms with Gasteiger partial charge in [-0.05, 0) is 42.9 Å². The van der Waals surface area contributed by atoms with E-state index in [9.17, 15) is 12.8 Å². The van der Waals surface area contributed by atoms with Crippen LogP contribution in [0, 0.1) is 24.6 Å². The van der Waals surface area contributed by atoms with Crippen LogP contribution >= 0.6 is 0 Å². The van der Waals surface area contributed by atoms with Crippen molar-refractivity contribution in [2.75, 3.05) is 5.73 Å². The van der Waals surface area contributed by atoms with Gasteiger partial charge in [0.15, 0.2) is 0 Å². The van der Waals surface area contributed by atoms with E-state index in [1.807, 2.05) is 0 Å². The molecule has 0 spiro atoms. The largest absolute Gasteiger partial charge is 0.396 e. The zero-order valence-corrected chi connectivity index (χ0v) is 13.5. The lowest BCUT2D eigenvalue weighted by Crippen LogP contribution is -2.43. The highest BCUT2D eigenvalue weighted by atomic mass is 32.2. The van der Waals surface area contributed by atoms with Crippen molar-refractivity contribution in [3.63, 3.8) is 0 Å². The highest BCUT2D eigenvalue weighted by Crippen LogP contribution is 2.31. The van der Waals surface area contributed by atoms with Crippen LogP contribution in [-0.2, 0) is 10.0 Å². The van der Waals surface area contributed by atoms with Crippen LogP contribution in [0.25, 0.3) is 0 Å². The molecule has 3 atom stereocenters. The average molecular weight is 314 g/mol. The Balaban J connectivity index is 2.28. The molecule has 6 heteroatoms. The van der Waals surface area contributed by atoms with Gasteiger partial charge in [0.25, 0.3) is 0 Å². The van der Waals surface area contributed by atoms with Crippen LogP contribution in [0.5, 0.6) is 0 Å². The quantitative estimate of drug-likeness (QED) is 0.843. The van der Waals surface area contributed by atoms with Crippen molar-refractivity contribution < 1.29 is 12.8 Å². The molecule has 1 aromatic rings. The van der Waals surface area contributed by atoms with Crippen LogP contribution in [0.3, 0.4) is 0 Å². The third kappa shape index (κ3) is 3.37. The maximum Gasteiger partial charge on any atom is 0.241 e. The van der Waals surface area contributed by atoms with Gasteiger partial charge in [-0.1, -0.05) is 26.7 Å². The molecule has 1 fully saturated rings. The van der Waals surface area contributed by atoms with Crippen LogP contribution in [0.2, 0.25) is 0 Å². The van der Waals surface area contributed by atoms with E-state index in [0.717, 1.165) is 25.3 Å². The van der Waals surface area contributed by atoms with Crippen molar-refractivity contribution in [3.05, 3.63) is 23.5 Å². The van der Waals surface area contributed by atoms with Crippen molar-refractivity contribution in [3.8, 4) is 0 Å². The van der Waals surface area contributed by atoms with Crippen LogP contribution in [0.4, 0.5) is 10.1 Å². The van der Waals surface area contributed by atoms with Gasteiger partial charge in [0.05, 0.1) is 10.6 Å². The molecule has 0 saturated heterocycles. The summed E-state index contributed by atoms with van der Waals surface area (Å²) < 4.78 is 41.2. The van der Waals surface area contributed by atoms with Crippen molar-refractivity contribution >= 4 is 15.7 Å². The predicted molar refractivity (Wildman–Crippen MR) is 81.8 cm³/mol. The fraction of sp³-hybridized carbons (Fsp3) is 0.600. The molecule has 2 rings (SSSR count). The van der Waals surface area contributed by atoms with Crippen LogP contribution in [0.15, 0.2) is 17.0 Å². The summed E-state index contributed by atoms with van der Waals surface area (Å²) >= 11 is 0. The molecule has 0 aliphatic heterocycles. The normalized spacial score (nSPS) is 26.8. The van der Waals surface area contributed by atoms with E-state index in [1.54, 1.807) is 6.92 Å². The number of hydrogen-bond donors (Lipinski definition) is 2. The molecule has 3 N–H and O–H groups in total. The second kappa shape index (κ2) is 5.93. The number of rotatable bonds is 3. The van der Waals surface area contributed by atoms with Gasteiger partial charge in [0.2, 0.25) is 10.0 Å². The molecule has 0 amide bonds. The molecule has 1 aliphatic carbocycles. The third-order valence-electron chi connectivity index (χ3n) is 4.60. The Hall–Kier alpha value is -1.14. The molecule has 4 nitrogen and oxygen atoms in total. The molecule has 118 valence electrons. The summed E-state index contributed by atoms with van der Waals surface area (Å²) in [5.74, 6) is 0.184. The maximum absolute atomic E-state index is 13.4. The standard InChI is InChI=1S/C15H23FN2O2S/c1-9-5-4-6-14(11(9)3)18-21(19,20)15-8-13(17)12(16)7-10(15)2/h7-9,11,14,18H,4-6,17H2,1-3H3. The summed E-state index contributed by atoms with van der Waals surface area (Å²) in [6.45, 7) is 5.79. The van der Waals surface area contributed by atoms with Gasteiger partial charge in [-0.2, -0.15) is 0 Å². The lowest BCUT2D eigenvalue weighted by Gasteiger charge is -2.34. The number of nitrogens with two attached hydrogens (primary N) is 1. The third-order valence-corrected chi connectivity index (χ3v) is 6.23. The first kappa shape index (κ1) is 16.2. The van der Waals surface area contributed by atoms with E-state index in [-0.39, 0.29) is 22.5 Å². The Morgan fingerprint density at radius 2 is 1.95 bits per heavy atom. The Kier molecular flexibility index (Phi) is 4.58. The fourth-order valence-electron chi connectivity index (χ4n) is 2.97. The molecule has 0 radical (unpaired) electrons. The maximum atomic E-state index is 13.4. The number of nitrogen functional groups attached to an aromatic ring is 1. The smallest absolute Gasteiger partial charge is 0.241 e. The van der Waals surface area contributed by atoms with Crippen molar-refractivity contribution in [1.29, 1.82) is 0 Å². The first-order valence-electron chi connectivity index (χ1n) is 7.30. The summed E-state index contributed by atoms with van der Waals surface area (Å²) in [6, 6.07) is 2.28. The molecule has 0 aromatic heterocycles. The Labute approximate surface area is 126 Å². The van der Waals surface area contributed by atoms with Gasteiger partial charge in [0.1, 0.15) is 5.82 Å². The van der Waals surface area contributed by atoms with E-state index in [2.05, 4.69) is 18.6 Å². The predicted octanol–water partition coefficient (Wildman–Crippen LogP) is 2.82. The summed E-state index contributed by atoms with van der Waals surface area (Å²) in [4.78, 5) is 0.0619. The number of benzene rings is 1. The zero-order chi connectivity index (χ0) is 15.8. The molecule has 0 heterocycles. The lowest BCUT2D eigenvalue weighted by atomic mass is 9.78. The minimum Gasteiger partial charge on any atom is -0.396 e. The molecule has 21 heavy (non-hydrogen) atoms. The van der Waals surface area contributed by atoms with Crippen LogP contribution in [-0.4, -0.2) is 14.5 Å². The topological polar surface area (TPSA) is 72.2 Å². The number of nitrogens with one attached hydrogen (secondary N) is 1. The summed E-state index contributed by atoms with van der Waals surface area (Å²) in [5.41, 5.74) is 5.72. The van der Waals surface area contributed by atoms with Crippen molar-refractivity contribution in [1.82, 2.24) is 4.72 Å². The Bertz CT molecular complexity index is 631. The number of aryl methyl sites for hydroxylation is 1. The number of sulfonamides is 1. The summed E-state index contributed by atoms with van der Waals surface area (Å²) in [6.07, 6.45) is 2.98. The van der Waals surface area contributed by atoms with Crippen LogP contribution < -0.4 is 10.5 Å². The van der Waals surface area contributed by atoms with E-state index in [1.165, 1.54) is 6.07 Å². The lowest BCUT2D eigenvalue weighted by molar-refractivity contribution is 0.227. The highest BCUT2D eigenvalue weighted by Gasteiger charge is 2.31. The molecule has 1 saturated carbocycles. The summed E-state index contributed by atoms with van der Waals surface area (Å²) in [7, 11) is -3.68. The van der Waals surface area contributed by atoms with E-state index in [0.29, 0.717) is 11.5 Å². The first-order valence-corrected chi connectivity index (χ1v) is 8.78. The number of anilines is 1. The number of halogens is 1. The van der Waals surface area contributed by atoms with Crippen molar-refractivity contribution in [2.45, 2.75) is 51.0 Å². The van der Waals surface area contributed by atoms with Gasteiger partial charge in [-0.15, -0.1) is 0 Å². The minimum atomic E-state index is -3.68. The Morgan fingerprint density at radius 1 is 1.29 bits per heavy atom. The van der Waals surface area contributed by atoms with Gasteiger partial charge in [-0.3, -0.25) is 0 Å². The van der Waals surface area contributed by atoms with Gasteiger partial charge in [0, 0.05) is 6.04 Å². The number of hydrogen-bond acceptors (Lipinski definition) is 3. The first-order chi connectivity index (χ1) is 9.72. The molecule has 1 aliphatic rings. The average Bonchev–Trinajstić information content (AvgIpc) is 2.39.